The fourth-order valence-corrected chi connectivity index (χ4v) is 1.42. The lowest BCUT2D eigenvalue weighted by atomic mass is 10.1. The summed E-state index contributed by atoms with van der Waals surface area (Å²) in [6, 6.07) is 3.17. The lowest BCUT2D eigenvalue weighted by molar-refractivity contribution is 0.176. The van der Waals surface area contributed by atoms with Crippen LogP contribution in [0.15, 0.2) is 12.1 Å². The van der Waals surface area contributed by atoms with Crippen molar-refractivity contribution in [3.8, 4) is 17.2 Å². The van der Waals surface area contributed by atoms with E-state index < -0.39 is 6.10 Å². The summed E-state index contributed by atoms with van der Waals surface area (Å²) in [5, 5.41) is 22.3. The molecule has 1 rings (SSSR count). The van der Waals surface area contributed by atoms with Gasteiger partial charge in [0.2, 0.25) is 5.75 Å². The van der Waals surface area contributed by atoms with Crippen molar-refractivity contribution in [2.75, 3.05) is 27.8 Å². The summed E-state index contributed by atoms with van der Waals surface area (Å²) in [7, 11) is 4.64. The van der Waals surface area contributed by atoms with Crippen molar-refractivity contribution in [2.24, 2.45) is 0 Å². The maximum atomic E-state index is 9.80. The number of hydrogen-bond acceptors (Lipinski definition) is 5. The fourth-order valence-electron chi connectivity index (χ4n) is 1.42. The molecule has 3 N–H and O–H groups in total. The van der Waals surface area contributed by atoms with Gasteiger partial charge in [0.1, 0.15) is 0 Å². The third-order valence-corrected chi connectivity index (χ3v) is 2.28. The monoisotopic (exact) mass is 263 g/mol. The van der Waals surface area contributed by atoms with Crippen molar-refractivity contribution >= 4 is 12.4 Å². The van der Waals surface area contributed by atoms with Gasteiger partial charge < -0.3 is 25.0 Å². The Kier molecular flexibility index (Phi) is 6.72. The maximum Gasteiger partial charge on any atom is 0.200 e. The molecule has 0 saturated heterocycles. The van der Waals surface area contributed by atoms with Gasteiger partial charge in [-0.2, -0.15) is 0 Å². The third-order valence-electron chi connectivity index (χ3n) is 2.28. The molecule has 0 heterocycles. The highest BCUT2D eigenvalue weighted by Crippen LogP contribution is 2.38. The molecule has 0 radical (unpaired) electrons. The summed E-state index contributed by atoms with van der Waals surface area (Å²) in [5.74, 6) is 0.499. The van der Waals surface area contributed by atoms with Gasteiger partial charge in [-0.05, 0) is 24.7 Å². The van der Waals surface area contributed by atoms with Crippen LogP contribution >= 0.6 is 12.4 Å². The van der Waals surface area contributed by atoms with E-state index in [1.807, 2.05) is 0 Å². The molecule has 0 amide bonds. The summed E-state index contributed by atoms with van der Waals surface area (Å²) >= 11 is 0. The average molecular weight is 264 g/mol. The largest absolute Gasteiger partial charge is 0.502 e. The SMILES string of the molecule is CNCC(O)c1cc(OC)c(O)c(OC)c1.Cl. The van der Waals surface area contributed by atoms with E-state index in [4.69, 9.17) is 9.47 Å². The molecule has 98 valence electrons. The number of halogens is 1. The molecule has 6 heteroatoms. The number of likely N-dealkylation sites (N-methyl/N-ethyl adjacent to an activating group) is 1. The van der Waals surface area contributed by atoms with E-state index >= 15 is 0 Å². The number of nitrogens with one attached hydrogen (secondary N) is 1. The van der Waals surface area contributed by atoms with Gasteiger partial charge in [-0.15, -0.1) is 12.4 Å². The van der Waals surface area contributed by atoms with Crippen LogP contribution in [0.2, 0.25) is 0 Å². The number of benzene rings is 1. The van der Waals surface area contributed by atoms with Crippen LogP contribution in [0.3, 0.4) is 0 Å². The van der Waals surface area contributed by atoms with Crippen LogP contribution in [-0.2, 0) is 0 Å². The molecule has 1 unspecified atom stereocenters. The Hall–Kier alpha value is -1.17. The van der Waals surface area contributed by atoms with Crippen LogP contribution in [0.25, 0.3) is 0 Å². The van der Waals surface area contributed by atoms with Crippen LogP contribution in [0.4, 0.5) is 0 Å². The molecule has 0 aliphatic rings. The first-order valence-corrected chi connectivity index (χ1v) is 4.91. The van der Waals surface area contributed by atoms with Crippen LogP contribution < -0.4 is 14.8 Å². The minimum absolute atomic E-state index is 0. The Morgan fingerprint density at radius 3 is 2.06 bits per heavy atom. The molecular formula is C11H18ClNO4. The van der Waals surface area contributed by atoms with Crippen LogP contribution in [0, 0.1) is 0 Å². The molecule has 0 saturated carbocycles. The number of methoxy groups -OCH3 is 2. The molecule has 1 aromatic rings. The Morgan fingerprint density at radius 1 is 1.24 bits per heavy atom. The van der Waals surface area contributed by atoms with Crippen molar-refractivity contribution in [2.45, 2.75) is 6.10 Å². The first-order chi connectivity index (χ1) is 7.63. The predicted octanol–water partition coefficient (Wildman–Crippen LogP) is 1.08. The van der Waals surface area contributed by atoms with Crippen molar-refractivity contribution in [1.82, 2.24) is 5.32 Å². The lowest BCUT2D eigenvalue weighted by Crippen LogP contribution is -2.16. The number of ether oxygens (including phenoxy) is 2. The van der Waals surface area contributed by atoms with Gasteiger partial charge in [0.05, 0.1) is 20.3 Å². The molecule has 5 nitrogen and oxygen atoms in total. The van der Waals surface area contributed by atoms with Crippen LogP contribution in [0.1, 0.15) is 11.7 Å². The summed E-state index contributed by atoms with van der Waals surface area (Å²) in [6.45, 7) is 0.414. The summed E-state index contributed by atoms with van der Waals surface area (Å²) in [5.41, 5.74) is 0.626. The number of aliphatic hydroxyl groups is 1. The summed E-state index contributed by atoms with van der Waals surface area (Å²) in [6.07, 6.45) is -0.673. The number of aromatic hydroxyl groups is 1. The molecular weight excluding hydrogens is 246 g/mol. The number of rotatable bonds is 5. The second kappa shape index (κ2) is 7.21. The average Bonchev–Trinajstić information content (AvgIpc) is 2.29. The molecule has 0 aromatic heterocycles. The number of phenols is 1. The molecule has 17 heavy (non-hydrogen) atoms. The van der Waals surface area contributed by atoms with Crippen molar-refractivity contribution < 1.29 is 19.7 Å². The van der Waals surface area contributed by atoms with E-state index in [1.165, 1.54) is 14.2 Å². The van der Waals surface area contributed by atoms with Gasteiger partial charge in [0.15, 0.2) is 11.5 Å². The smallest absolute Gasteiger partial charge is 0.200 e. The first-order valence-electron chi connectivity index (χ1n) is 4.91. The fraction of sp³-hybridized carbons (Fsp3) is 0.455. The maximum absolute atomic E-state index is 9.80. The van der Waals surface area contributed by atoms with Crippen LogP contribution in [0.5, 0.6) is 17.2 Å². The molecule has 0 spiro atoms. The second-order valence-electron chi connectivity index (χ2n) is 3.35. The minimum atomic E-state index is -0.673. The van der Waals surface area contributed by atoms with Gasteiger partial charge in [-0.3, -0.25) is 0 Å². The van der Waals surface area contributed by atoms with Crippen LogP contribution in [-0.4, -0.2) is 38.0 Å². The minimum Gasteiger partial charge on any atom is -0.502 e. The molecule has 1 aromatic carbocycles. The Balaban J connectivity index is 0.00000256. The second-order valence-corrected chi connectivity index (χ2v) is 3.35. The van der Waals surface area contributed by atoms with E-state index in [0.717, 1.165) is 0 Å². The van der Waals surface area contributed by atoms with Crippen molar-refractivity contribution in [3.05, 3.63) is 17.7 Å². The molecule has 0 aliphatic carbocycles. The van der Waals surface area contributed by atoms with Crippen molar-refractivity contribution in [1.29, 1.82) is 0 Å². The quantitative estimate of drug-likeness (QED) is 0.742. The van der Waals surface area contributed by atoms with Crippen molar-refractivity contribution in [3.63, 3.8) is 0 Å². The first kappa shape index (κ1) is 15.8. The molecule has 0 bridgehead atoms. The summed E-state index contributed by atoms with van der Waals surface area (Å²) < 4.78 is 9.99. The van der Waals surface area contributed by atoms with E-state index in [2.05, 4.69) is 5.32 Å². The van der Waals surface area contributed by atoms with Gasteiger partial charge in [-0.1, -0.05) is 0 Å². The Morgan fingerprint density at radius 2 is 1.71 bits per heavy atom. The van der Waals surface area contributed by atoms with Gasteiger partial charge in [0, 0.05) is 6.54 Å². The number of aliphatic hydroxyl groups excluding tert-OH is 1. The van der Waals surface area contributed by atoms with Gasteiger partial charge in [0.25, 0.3) is 0 Å². The normalized spacial score (nSPS) is 11.5. The topological polar surface area (TPSA) is 71.0 Å². The molecule has 0 fully saturated rings. The zero-order valence-electron chi connectivity index (χ0n) is 10.1. The van der Waals surface area contributed by atoms with Gasteiger partial charge in [-0.25, -0.2) is 0 Å². The lowest BCUT2D eigenvalue weighted by Gasteiger charge is -2.15. The van der Waals surface area contributed by atoms with E-state index in [0.29, 0.717) is 12.1 Å². The predicted molar refractivity (Wildman–Crippen MR) is 67.3 cm³/mol. The standard InChI is InChI=1S/C11H17NO4.ClH/c1-12-6-8(13)7-4-9(15-2)11(14)10(5-7)16-3;/h4-5,8,12-14H,6H2,1-3H3;1H. The number of phenolic OH excluding ortho intramolecular Hbond substituents is 1. The van der Waals surface area contributed by atoms with E-state index in [-0.39, 0.29) is 29.7 Å². The highest BCUT2D eigenvalue weighted by Gasteiger charge is 2.15. The Labute approximate surface area is 107 Å². The number of hydrogen-bond donors (Lipinski definition) is 3. The highest BCUT2D eigenvalue weighted by molar-refractivity contribution is 5.85. The van der Waals surface area contributed by atoms with Gasteiger partial charge >= 0.3 is 0 Å². The third kappa shape index (κ3) is 3.66. The van der Waals surface area contributed by atoms with E-state index in [9.17, 15) is 10.2 Å². The molecule has 0 aliphatic heterocycles. The van der Waals surface area contributed by atoms with E-state index in [1.54, 1.807) is 19.2 Å². The molecule has 1 atom stereocenters. The zero-order chi connectivity index (χ0) is 12.1. The zero-order valence-corrected chi connectivity index (χ0v) is 10.9. The highest BCUT2D eigenvalue weighted by atomic mass is 35.5. The Bertz CT molecular complexity index is 334. The summed E-state index contributed by atoms with van der Waals surface area (Å²) in [4.78, 5) is 0.